The van der Waals surface area contributed by atoms with E-state index in [1.165, 1.54) is 30.4 Å². The zero-order valence-electron chi connectivity index (χ0n) is 9.09. The van der Waals surface area contributed by atoms with Crippen molar-refractivity contribution in [1.29, 1.82) is 0 Å². The number of benzene rings is 1. The molecule has 0 atom stereocenters. The Labute approximate surface area is 86.3 Å². The lowest BCUT2D eigenvalue weighted by molar-refractivity contribution is 0.420. The maximum Gasteiger partial charge on any atom is 0.0349 e. The minimum Gasteiger partial charge on any atom is -0.398 e. The van der Waals surface area contributed by atoms with Gasteiger partial charge in [0.05, 0.1) is 0 Å². The average molecular weight is 189 g/mol. The Bertz CT molecular complexity index is 324. The highest BCUT2D eigenvalue weighted by Gasteiger charge is 2.21. The Morgan fingerprint density at radius 2 is 2.00 bits per heavy atom. The third kappa shape index (κ3) is 1.63. The fourth-order valence-corrected chi connectivity index (χ4v) is 2.03. The summed E-state index contributed by atoms with van der Waals surface area (Å²) < 4.78 is 0. The van der Waals surface area contributed by atoms with Crippen LogP contribution in [0, 0.1) is 0 Å². The van der Waals surface area contributed by atoms with Gasteiger partial charge in [-0.2, -0.15) is 0 Å². The monoisotopic (exact) mass is 189 g/mol. The standard InChI is InChI=1S/C13H19N/c1-9(2)11-6-7-13(14)12(8-11)10-4-3-5-10/h6-10H,3-5,14H2,1-2H3. The van der Waals surface area contributed by atoms with Gasteiger partial charge in [-0.05, 0) is 41.9 Å². The molecular formula is C13H19N. The summed E-state index contributed by atoms with van der Waals surface area (Å²) in [5, 5.41) is 0. The third-order valence-corrected chi connectivity index (χ3v) is 3.32. The maximum atomic E-state index is 6.00. The fourth-order valence-electron chi connectivity index (χ4n) is 2.03. The van der Waals surface area contributed by atoms with Gasteiger partial charge < -0.3 is 5.73 Å². The first kappa shape index (κ1) is 9.57. The summed E-state index contributed by atoms with van der Waals surface area (Å²) in [5.74, 6) is 1.35. The normalized spacial score (nSPS) is 17.1. The molecule has 0 heterocycles. The molecule has 0 unspecified atom stereocenters. The summed E-state index contributed by atoms with van der Waals surface area (Å²) in [7, 11) is 0. The van der Waals surface area contributed by atoms with Crippen molar-refractivity contribution in [2.75, 3.05) is 5.73 Å². The molecule has 0 bridgehead atoms. The van der Waals surface area contributed by atoms with E-state index in [-0.39, 0.29) is 0 Å². The lowest BCUT2D eigenvalue weighted by Crippen LogP contribution is -2.11. The van der Waals surface area contributed by atoms with E-state index < -0.39 is 0 Å². The highest BCUT2D eigenvalue weighted by atomic mass is 14.6. The summed E-state index contributed by atoms with van der Waals surface area (Å²) in [5.41, 5.74) is 9.79. The van der Waals surface area contributed by atoms with Gasteiger partial charge in [0.1, 0.15) is 0 Å². The van der Waals surface area contributed by atoms with Gasteiger partial charge in [-0.25, -0.2) is 0 Å². The molecule has 14 heavy (non-hydrogen) atoms. The second-order valence-electron chi connectivity index (χ2n) is 4.67. The molecule has 1 fully saturated rings. The molecular weight excluding hydrogens is 170 g/mol. The smallest absolute Gasteiger partial charge is 0.0349 e. The second kappa shape index (κ2) is 3.64. The van der Waals surface area contributed by atoms with Gasteiger partial charge in [0.25, 0.3) is 0 Å². The molecule has 1 aromatic rings. The third-order valence-electron chi connectivity index (χ3n) is 3.32. The summed E-state index contributed by atoms with van der Waals surface area (Å²) in [6.45, 7) is 4.46. The van der Waals surface area contributed by atoms with Gasteiger partial charge in [0, 0.05) is 5.69 Å². The lowest BCUT2D eigenvalue weighted by atomic mass is 9.78. The Morgan fingerprint density at radius 1 is 1.29 bits per heavy atom. The van der Waals surface area contributed by atoms with Crippen molar-refractivity contribution in [3.8, 4) is 0 Å². The van der Waals surface area contributed by atoms with E-state index in [1.54, 1.807) is 0 Å². The Kier molecular flexibility index (Phi) is 2.49. The average Bonchev–Trinajstić information content (AvgIpc) is 2.05. The number of nitrogens with two attached hydrogens (primary N) is 1. The van der Waals surface area contributed by atoms with Gasteiger partial charge >= 0.3 is 0 Å². The van der Waals surface area contributed by atoms with Crippen LogP contribution in [-0.2, 0) is 0 Å². The first-order valence-corrected chi connectivity index (χ1v) is 5.58. The molecule has 0 aromatic heterocycles. The van der Waals surface area contributed by atoms with Crippen molar-refractivity contribution < 1.29 is 0 Å². The van der Waals surface area contributed by atoms with E-state index in [0.29, 0.717) is 5.92 Å². The molecule has 0 spiro atoms. The van der Waals surface area contributed by atoms with Crippen molar-refractivity contribution in [2.24, 2.45) is 0 Å². The van der Waals surface area contributed by atoms with Crippen LogP contribution in [0.5, 0.6) is 0 Å². The molecule has 0 radical (unpaired) electrons. The molecule has 1 saturated carbocycles. The fraction of sp³-hybridized carbons (Fsp3) is 0.538. The minimum atomic E-state index is 0.606. The van der Waals surface area contributed by atoms with Crippen LogP contribution in [0.4, 0.5) is 5.69 Å². The van der Waals surface area contributed by atoms with Gasteiger partial charge in [-0.3, -0.25) is 0 Å². The van der Waals surface area contributed by atoms with Crippen LogP contribution in [0.1, 0.15) is 56.1 Å². The van der Waals surface area contributed by atoms with Crippen molar-refractivity contribution in [1.82, 2.24) is 0 Å². The Balaban J connectivity index is 2.31. The molecule has 1 aromatic carbocycles. The number of hydrogen-bond donors (Lipinski definition) is 1. The highest BCUT2D eigenvalue weighted by Crippen LogP contribution is 2.39. The van der Waals surface area contributed by atoms with Crippen molar-refractivity contribution >= 4 is 5.69 Å². The van der Waals surface area contributed by atoms with E-state index >= 15 is 0 Å². The Morgan fingerprint density at radius 3 is 2.50 bits per heavy atom. The first-order chi connectivity index (χ1) is 6.68. The van der Waals surface area contributed by atoms with Crippen molar-refractivity contribution in [3.63, 3.8) is 0 Å². The van der Waals surface area contributed by atoms with E-state index in [1.807, 2.05) is 0 Å². The lowest BCUT2D eigenvalue weighted by Gasteiger charge is -2.27. The predicted octanol–water partition coefficient (Wildman–Crippen LogP) is 3.66. The van der Waals surface area contributed by atoms with Gasteiger partial charge in [0.15, 0.2) is 0 Å². The summed E-state index contributed by atoms with van der Waals surface area (Å²) >= 11 is 0. The van der Waals surface area contributed by atoms with Crippen LogP contribution in [0.3, 0.4) is 0 Å². The molecule has 1 aliphatic rings. The molecule has 2 rings (SSSR count). The molecule has 76 valence electrons. The maximum absolute atomic E-state index is 6.00. The summed E-state index contributed by atoms with van der Waals surface area (Å²) in [6.07, 6.45) is 4.02. The van der Waals surface area contributed by atoms with Crippen LogP contribution in [0.25, 0.3) is 0 Å². The van der Waals surface area contributed by atoms with Crippen LogP contribution in [0.15, 0.2) is 18.2 Å². The second-order valence-corrected chi connectivity index (χ2v) is 4.67. The van der Waals surface area contributed by atoms with E-state index in [2.05, 4.69) is 32.0 Å². The van der Waals surface area contributed by atoms with Crippen molar-refractivity contribution in [3.05, 3.63) is 29.3 Å². The first-order valence-electron chi connectivity index (χ1n) is 5.58. The molecule has 0 amide bonds. The van der Waals surface area contributed by atoms with Crippen LogP contribution in [0.2, 0.25) is 0 Å². The minimum absolute atomic E-state index is 0.606. The molecule has 1 nitrogen and oxygen atoms in total. The predicted molar refractivity (Wildman–Crippen MR) is 61.5 cm³/mol. The van der Waals surface area contributed by atoms with Gasteiger partial charge in [-0.15, -0.1) is 0 Å². The van der Waals surface area contributed by atoms with E-state index in [0.717, 1.165) is 11.6 Å². The van der Waals surface area contributed by atoms with E-state index in [9.17, 15) is 0 Å². The SMILES string of the molecule is CC(C)c1ccc(N)c(C2CCC2)c1. The molecule has 0 aliphatic heterocycles. The molecule has 0 saturated heterocycles. The number of rotatable bonds is 2. The zero-order chi connectivity index (χ0) is 10.1. The van der Waals surface area contributed by atoms with Crippen molar-refractivity contribution in [2.45, 2.75) is 44.9 Å². The molecule has 1 heteroatoms. The molecule has 2 N–H and O–H groups in total. The summed E-state index contributed by atoms with van der Waals surface area (Å²) in [4.78, 5) is 0. The topological polar surface area (TPSA) is 26.0 Å². The highest BCUT2D eigenvalue weighted by molar-refractivity contribution is 5.51. The van der Waals surface area contributed by atoms with Gasteiger partial charge in [0.2, 0.25) is 0 Å². The number of nitrogen functional groups attached to an aromatic ring is 1. The summed E-state index contributed by atoms with van der Waals surface area (Å²) in [6, 6.07) is 6.54. The zero-order valence-corrected chi connectivity index (χ0v) is 9.09. The Hall–Kier alpha value is -0.980. The van der Waals surface area contributed by atoms with Gasteiger partial charge in [-0.1, -0.05) is 32.4 Å². The molecule has 1 aliphatic carbocycles. The number of hydrogen-bond acceptors (Lipinski definition) is 1. The van der Waals surface area contributed by atoms with Crippen LogP contribution >= 0.6 is 0 Å². The van der Waals surface area contributed by atoms with Crippen LogP contribution in [-0.4, -0.2) is 0 Å². The van der Waals surface area contributed by atoms with Crippen LogP contribution < -0.4 is 5.73 Å². The number of anilines is 1. The quantitative estimate of drug-likeness (QED) is 0.706. The van der Waals surface area contributed by atoms with E-state index in [4.69, 9.17) is 5.73 Å². The largest absolute Gasteiger partial charge is 0.398 e.